The minimum Gasteiger partial charge on any atom is -0.385 e. The molecule has 7 fully saturated rings. The van der Waals surface area contributed by atoms with Gasteiger partial charge in [0.25, 0.3) is 0 Å². The molecule has 1 heterocycles. The quantitative estimate of drug-likeness (QED) is 0.116. The summed E-state index contributed by atoms with van der Waals surface area (Å²) in [6.07, 6.45) is 28.7. The van der Waals surface area contributed by atoms with Gasteiger partial charge in [-0.25, -0.2) is 0 Å². The topological polar surface area (TPSA) is 141 Å². The van der Waals surface area contributed by atoms with Crippen LogP contribution in [0.3, 0.4) is 0 Å². The Morgan fingerprint density at radius 1 is 0.672 bits per heavy atom. The molecule has 1 saturated heterocycles. The van der Waals surface area contributed by atoms with Crippen LogP contribution < -0.4 is 5.32 Å². The van der Waals surface area contributed by atoms with E-state index in [2.05, 4.69) is 65.6 Å². The molecule has 0 aromatic carbocycles. The summed E-state index contributed by atoms with van der Waals surface area (Å²) in [5, 5.41) is 28.2. The molecular weight excluding hydrogens is 837 g/mol. The molecule has 3 N–H and O–H groups in total. The summed E-state index contributed by atoms with van der Waals surface area (Å²) in [6.45, 7) is 20.6. The Balaban J connectivity index is 0.694. The van der Waals surface area contributed by atoms with Crippen LogP contribution in [0.4, 0.5) is 0 Å². The summed E-state index contributed by atoms with van der Waals surface area (Å²) in [4.78, 5) is 67.6. The van der Waals surface area contributed by atoms with Crippen LogP contribution in [-0.4, -0.2) is 74.1 Å². The van der Waals surface area contributed by atoms with Gasteiger partial charge in [-0.05, 0) is 153 Å². The minimum absolute atomic E-state index is 0.00725. The summed E-state index contributed by atoms with van der Waals surface area (Å²) in [7, 11) is 0. The number of ketones is 3. The number of rotatable bonds is 14. The van der Waals surface area contributed by atoms with Crippen molar-refractivity contribution in [2.45, 2.75) is 194 Å². The number of nitrogens with zero attached hydrogens (tertiary/aromatic N) is 1. The Bertz CT molecular complexity index is 2240. The Hall–Kier alpha value is -3.43. The molecule has 8 aliphatic carbocycles. The minimum atomic E-state index is -1.51. The number of nitrogens with one attached hydrogen (secondary N) is 1. The zero-order valence-electron chi connectivity index (χ0n) is 42.1. The number of unbranched alkanes of at least 4 members (excludes halogenated alkanes) is 7. The second kappa shape index (κ2) is 16.9. The van der Waals surface area contributed by atoms with Crippen LogP contribution in [-0.2, 0) is 24.0 Å². The van der Waals surface area contributed by atoms with Crippen molar-refractivity contribution in [3.8, 4) is 0 Å². The number of allylic oxidation sites excluding steroid dienone is 8. The van der Waals surface area contributed by atoms with Crippen LogP contribution >= 0.6 is 0 Å². The van der Waals surface area contributed by atoms with Crippen LogP contribution in [0.25, 0.3) is 0 Å². The predicted octanol–water partition coefficient (Wildman–Crippen LogP) is 10.1. The molecule has 2 amide bonds. The van der Waals surface area contributed by atoms with Crippen molar-refractivity contribution in [1.29, 1.82) is 0 Å². The van der Waals surface area contributed by atoms with Gasteiger partial charge in [0, 0.05) is 35.6 Å². The van der Waals surface area contributed by atoms with Gasteiger partial charge in [0.2, 0.25) is 11.8 Å². The second-order valence-electron chi connectivity index (χ2n) is 24.8. The smallest absolute Gasteiger partial charge is 0.223 e. The largest absolute Gasteiger partial charge is 0.385 e. The highest BCUT2D eigenvalue weighted by Gasteiger charge is 2.78. The molecule has 0 aromatic heterocycles. The number of likely N-dealkylation sites (tertiary alicyclic amines) is 1. The van der Waals surface area contributed by atoms with Crippen molar-refractivity contribution in [2.24, 2.45) is 62.6 Å². The summed E-state index contributed by atoms with van der Waals surface area (Å²) in [5.74, 6) is 0.851. The molecule has 0 aromatic rings. The van der Waals surface area contributed by atoms with Gasteiger partial charge in [0.15, 0.2) is 23.0 Å². The normalized spacial score (nSPS) is 44.7. The molecule has 0 bridgehead atoms. The standard InChI is InChI=1S/C58H82N2O7/c1-37-31-46-44-21-19-40-33-42(61)23-25-51(40,4)53(44,6)27-28-55(46,8)57(37,66)39(3)35-59-49(64)17-15-13-11-9-10-12-14-16-18-50(65)60-36-48(63)58(67)38(2)32-47-45-22-20-41-34-43(62)24-26-52(41,5)54(45,7)29-30-56(47,58)60/h23-26,33-34,37-38,44-47,66-67H,3,9-22,27-32,35-36H2,1-2,4-8H3,(H,59,64). The molecule has 9 nitrogen and oxygen atoms in total. The molecule has 366 valence electrons. The lowest BCUT2D eigenvalue weighted by molar-refractivity contribution is -0.171. The zero-order chi connectivity index (χ0) is 48.2. The van der Waals surface area contributed by atoms with Gasteiger partial charge in [-0.1, -0.05) is 117 Å². The van der Waals surface area contributed by atoms with E-state index < -0.39 is 16.7 Å². The van der Waals surface area contributed by atoms with Gasteiger partial charge in [0.05, 0.1) is 17.7 Å². The van der Waals surface area contributed by atoms with Crippen molar-refractivity contribution in [3.63, 3.8) is 0 Å². The lowest BCUT2D eigenvalue weighted by Crippen LogP contribution is -2.68. The molecule has 67 heavy (non-hydrogen) atoms. The van der Waals surface area contributed by atoms with E-state index in [9.17, 15) is 34.2 Å². The number of aliphatic hydroxyl groups is 2. The van der Waals surface area contributed by atoms with Gasteiger partial charge in [-0.15, -0.1) is 0 Å². The van der Waals surface area contributed by atoms with Gasteiger partial charge >= 0.3 is 0 Å². The van der Waals surface area contributed by atoms with Crippen molar-refractivity contribution >= 4 is 29.2 Å². The molecule has 9 rings (SSSR count). The Morgan fingerprint density at radius 2 is 1.16 bits per heavy atom. The Labute approximate surface area is 401 Å². The molecule has 9 aliphatic rings. The molecular formula is C58H82N2O7. The Kier molecular flexibility index (Phi) is 12.2. The summed E-state index contributed by atoms with van der Waals surface area (Å²) >= 11 is 0. The van der Waals surface area contributed by atoms with Crippen molar-refractivity contribution < 1.29 is 34.2 Å². The third-order valence-corrected chi connectivity index (χ3v) is 22.4. The highest BCUT2D eigenvalue weighted by Crippen LogP contribution is 2.74. The van der Waals surface area contributed by atoms with Gasteiger partial charge in [0.1, 0.15) is 0 Å². The highest BCUT2D eigenvalue weighted by molar-refractivity contribution is 6.02. The first-order chi connectivity index (χ1) is 31.6. The third-order valence-electron chi connectivity index (χ3n) is 22.4. The summed E-state index contributed by atoms with van der Waals surface area (Å²) in [6, 6.07) is 0. The summed E-state index contributed by atoms with van der Waals surface area (Å²) in [5.41, 5.74) is -1.07. The predicted molar refractivity (Wildman–Crippen MR) is 261 cm³/mol. The van der Waals surface area contributed by atoms with Crippen LogP contribution in [0.5, 0.6) is 0 Å². The van der Waals surface area contributed by atoms with Crippen LogP contribution in [0, 0.1) is 62.6 Å². The van der Waals surface area contributed by atoms with Crippen molar-refractivity contribution in [1.82, 2.24) is 10.2 Å². The SMILES string of the molecule is C=C(CNC(=O)CCCCCCCCCCC(=O)N1CC(=O)C2(O)C(C)CC3C4CCC5=CC(=O)C=CC5(C)C4(C)CCC312)C1(O)C(C)CC2C3CCC4=CC(=O)C=CC4(C)C3(C)CCC21C. The fraction of sp³-hybridized carbons (Fsp3) is 0.741. The number of Topliss-reactive ketones (excluding diaryl/α,β-unsaturated/α-hetero) is 1. The fourth-order valence-corrected chi connectivity index (χ4v) is 18.1. The van der Waals surface area contributed by atoms with E-state index in [0.717, 1.165) is 115 Å². The first kappa shape index (κ1) is 48.6. The van der Waals surface area contributed by atoms with E-state index in [4.69, 9.17) is 0 Å². The van der Waals surface area contributed by atoms with Crippen LogP contribution in [0.1, 0.15) is 177 Å². The average Bonchev–Trinajstić information content (AvgIpc) is 3.76. The van der Waals surface area contributed by atoms with Gasteiger partial charge in [-0.2, -0.15) is 0 Å². The maximum Gasteiger partial charge on any atom is 0.223 e. The van der Waals surface area contributed by atoms with E-state index in [1.54, 1.807) is 12.2 Å². The van der Waals surface area contributed by atoms with Gasteiger partial charge < -0.3 is 20.4 Å². The third kappa shape index (κ3) is 6.74. The molecule has 6 saturated carbocycles. The zero-order valence-corrected chi connectivity index (χ0v) is 42.1. The molecule has 1 aliphatic heterocycles. The number of amides is 2. The Morgan fingerprint density at radius 3 is 1.75 bits per heavy atom. The van der Waals surface area contributed by atoms with Gasteiger partial charge in [-0.3, -0.25) is 24.0 Å². The maximum atomic E-state index is 14.2. The van der Waals surface area contributed by atoms with E-state index in [-0.39, 0.29) is 93.0 Å². The van der Waals surface area contributed by atoms with E-state index in [0.29, 0.717) is 31.1 Å². The lowest BCUT2D eigenvalue weighted by atomic mass is 9.40. The number of carbonyl (C=O) groups excluding carboxylic acids is 5. The highest BCUT2D eigenvalue weighted by atomic mass is 16.3. The van der Waals surface area contributed by atoms with E-state index >= 15 is 0 Å². The number of carbonyl (C=O) groups is 5. The molecule has 1 spiro atoms. The number of hydrogen-bond donors (Lipinski definition) is 3. The molecule has 0 radical (unpaired) electrons. The fourth-order valence-electron chi connectivity index (χ4n) is 18.1. The molecule has 14 unspecified atom stereocenters. The van der Waals surface area contributed by atoms with E-state index in [1.165, 1.54) is 11.1 Å². The van der Waals surface area contributed by atoms with Crippen LogP contribution in [0.15, 0.2) is 59.8 Å². The first-order valence-corrected chi connectivity index (χ1v) is 26.7. The second-order valence-corrected chi connectivity index (χ2v) is 24.8. The molecule has 9 heteroatoms. The number of hydrogen-bond acceptors (Lipinski definition) is 7. The van der Waals surface area contributed by atoms with Crippen molar-refractivity contribution in [2.75, 3.05) is 13.1 Å². The van der Waals surface area contributed by atoms with E-state index in [1.807, 2.05) is 24.0 Å². The monoisotopic (exact) mass is 919 g/mol. The maximum absolute atomic E-state index is 14.2. The lowest BCUT2D eigenvalue weighted by Gasteiger charge is -2.64. The summed E-state index contributed by atoms with van der Waals surface area (Å²) < 4.78 is 0. The average molecular weight is 919 g/mol. The van der Waals surface area contributed by atoms with Crippen molar-refractivity contribution in [3.05, 3.63) is 59.8 Å². The molecule has 14 atom stereocenters. The van der Waals surface area contributed by atoms with Crippen LogP contribution in [0.2, 0.25) is 0 Å². The number of fused-ring (bicyclic) bond motifs is 9. The first-order valence-electron chi connectivity index (χ1n) is 26.7.